The Morgan fingerprint density at radius 3 is 2.26 bits per heavy atom. The van der Waals surface area contributed by atoms with Crippen LogP contribution in [-0.2, 0) is 13.0 Å². The van der Waals surface area contributed by atoms with Crippen molar-refractivity contribution in [1.29, 1.82) is 0 Å². The van der Waals surface area contributed by atoms with Crippen molar-refractivity contribution in [3.05, 3.63) is 108 Å². The Kier molecular flexibility index (Phi) is 5.27. The van der Waals surface area contributed by atoms with Gasteiger partial charge in [0.05, 0.1) is 11.4 Å². The molecule has 0 saturated carbocycles. The van der Waals surface area contributed by atoms with Crippen LogP contribution in [-0.4, -0.2) is 14.0 Å². The minimum absolute atomic E-state index is 0.235. The van der Waals surface area contributed by atoms with E-state index in [9.17, 15) is 4.39 Å². The highest BCUT2D eigenvalue weighted by Crippen LogP contribution is 2.39. The molecular formula is C29H24FN3S. The van der Waals surface area contributed by atoms with Crippen LogP contribution in [0.2, 0.25) is 0 Å². The molecule has 1 aliphatic rings. The molecule has 5 aromatic rings. The normalized spacial score (nSPS) is 13.1. The van der Waals surface area contributed by atoms with E-state index in [1.807, 2.05) is 48.5 Å². The summed E-state index contributed by atoms with van der Waals surface area (Å²) in [4.78, 5) is 0.657. The second kappa shape index (κ2) is 8.58. The Balaban J connectivity index is 1.62. The third-order valence-electron chi connectivity index (χ3n) is 6.58. The van der Waals surface area contributed by atoms with Gasteiger partial charge in [-0.2, -0.15) is 0 Å². The maximum absolute atomic E-state index is 13.8. The minimum atomic E-state index is -0.235. The molecule has 0 spiro atoms. The van der Waals surface area contributed by atoms with Gasteiger partial charge in [-0.3, -0.25) is 4.40 Å². The van der Waals surface area contributed by atoms with E-state index in [2.05, 4.69) is 44.7 Å². The van der Waals surface area contributed by atoms with Crippen molar-refractivity contribution in [2.24, 2.45) is 0 Å². The number of anilines is 1. The Labute approximate surface area is 203 Å². The van der Waals surface area contributed by atoms with E-state index < -0.39 is 0 Å². The van der Waals surface area contributed by atoms with Gasteiger partial charge in [-0.25, -0.2) is 4.39 Å². The van der Waals surface area contributed by atoms with E-state index in [-0.39, 0.29) is 5.82 Å². The fraction of sp³-hybridized carbons (Fsp3) is 0.138. The Morgan fingerprint density at radius 2 is 1.53 bits per heavy atom. The zero-order valence-electron chi connectivity index (χ0n) is 18.7. The monoisotopic (exact) mass is 465 g/mol. The van der Waals surface area contributed by atoms with E-state index in [0.29, 0.717) is 4.99 Å². The first-order valence-corrected chi connectivity index (χ1v) is 12.1. The second-order valence-electron chi connectivity index (χ2n) is 8.71. The van der Waals surface area contributed by atoms with Crippen molar-refractivity contribution < 1.29 is 4.39 Å². The van der Waals surface area contributed by atoms with E-state index >= 15 is 0 Å². The predicted octanol–water partition coefficient (Wildman–Crippen LogP) is 7.34. The van der Waals surface area contributed by atoms with Gasteiger partial charge in [0, 0.05) is 29.6 Å². The fourth-order valence-corrected chi connectivity index (χ4v) is 5.41. The molecule has 34 heavy (non-hydrogen) atoms. The summed E-state index contributed by atoms with van der Waals surface area (Å²) in [6, 6.07) is 27.3. The summed E-state index contributed by atoms with van der Waals surface area (Å²) in [6.45, 7) is 0.957. The Hall–Kier alpha value is -3.70. The molecule has 0 amide bonds. The number of rotatable bonds is 4. The van der Waals surface area contributed by atoms with Crippen molar-refractivity contribution in [3.8, 4) is 22.4 Å². The number of benzene rings is 3. The first kappa shape index (κ1) is 20.9. The number of thiocarbonyl (C=S) groups is 1. The van der Waals surface area contributed by atoms with Crippen molar-refractivity contribution in [1.82, 2.24) is 8.97 Å². The van der Waals surface area contributed by atoms with Gasteiger partial charge < -0.3 is 9.88 Å². The predicted molar refractivity (Wildman–Crippen MR) is 141 cm³/mol. The lowest BCUT2D eigenvalue weighted by molar-refractivity contribution is 0.628. The van der Waals surface area contributed by atoms with Crippen molar-refractivity contribution in [2.45, 2.75) is 25.8 Å². The smallest absolute Gasteiger partial charge is 0.128 e. The van der Waals surface area contributed by atoms with Crippen molar-refractivity contribution in [2.75, 3.05) is 5.32 Å². The van der Waals surface area contributed by atoms with Gasteiger partial charge in [-0.05, 0) is 54.7 Å². The number of hydrogen-bond donors (Lipinski definition) is 1. The molecular weight excluding hydrogens is 441 g/mol. The van der Waals surface area contributed by atoms with E-state index in [4.69, 9.17) is 12.2 Å². The lowest BCUT2D eigenvalue weighted by Crippen LogP contribution is -2.14. The van der Waals surface area contributed by atoms with Crippen LogP contribution in [0.4, 0.5) is 10.1 Å². The molecule has 0 radical (unpaired) electrons. The zero-order valence-corrected chi connectivity index (χ0v) is 19.5. The molecule has 0 fully saturated rings. The average Bonchev–Trinajstić information content (AvgIpc) is 3.29. The number of aryl methyl sites for hydroxylation is 2. The minimum Gasteiger partial charge on any atom is -0.345 e. The molecule has 5 heteroatoms. The van der Waals surface area contributed by atoms with Gasteiger partial charge in [0.1, 0.15) is 16.5 Å². The highest BCUT2D eigenvalue weighted by molar-refractivity contribution is 7.81. The summed E-state index contributed by atoms with van der Waals surface area (Å²) in [7, 11) is 0. The number of hydrogen-bond acceptors (Lipinski definition) is 1. The van der Waals surface area contributed by atoms with Crippen LogP contribution >= 0.6 is 12.2 Å². The fourth-order valence-electron chi connectivity index (χ4n) is 5.09. The maximum atomic E-state index is 13.8. The first-order valence-electron chi connectivity index (χ1n) is 11.6. The summed E-state index contributed by atoms with van der Waals surface area (Å²) in [6.07, 6.45) is 5.38. The molecule has 0 saturated heterocycles. The van der Waals surface area contributed by atoms with E-state index in [1.54, 1.807) is 0 Å². The van der Waals surface area contributed by atoms with Gasteiger partial charge in [0.2, 0.25) is 0 Å². The SMILES string of the molecule is Fc1ccc(-c2c3c4n(c(-c5ccccc5)cn4c2C(=S)Nc2ccccc2)CCCC3)cc1. The lowest BCUT2D eigenvalue weighted by Gasteiger charge is -2.12. The maximum Gasteiger partial charge on any atom is 0.128 e. The summed E-state index contributed by atoms with van der Waals surface area (Å²) in [5.74, 6) is -0.235. The average molecular weight is 466 g/mol. The molecule has 3 aromatic carbocycles. The van der Waals surface area contributed by atoms with Crippen LogP contribution in [0.3, 0.4) is 0 Å². The zero-order chi connectivity index (χ0) is 23.1. The van der Waals surface area contributed by atoms with Crippen molar-refractivity contribution in [3.63, 3.8) is 0 Å². The molecule has 1 N–H and O–H groups in total. The molecule has 0 atom stereocenters. The number of nitrogens with one attached hydrogen (secondary N) is 1. The first-order chi connectivity index (χ1) is 16.7. The number of para-hydroxylation sites is 1. The van der Waals surface area contributed by atoms with Crippen LogP contribution in [0.15, 0.2) is 91.1 Å². The van der Waals surface area contributed by atoms with Gasteiger partial charge in [-0.1, -0.05) is 72.9 Å². The topological polar surface area (TPSA) is 21.4 Å². The molecule has 2 aromatic heterocycles. The number of imidazole rings is 1. The van der Waals surface area contributed by atoms with Gasteiger partial charge >= 0.3 is 0 Å². The molecule has 0 bridgehead atoms. The quantitative estimate of drug-likeness (QED) is 0.280. The summed E-state index contributed by atoms with van der Waals surface area (Å²) >= 11 is 6.01. The molecule has 3 nitrogen and oxygen atoms in total. The molecule has 1 aliphatic heterocycles. The van der Waals surface area contributed by atoms with Crippen LogP contribution < -0.4 is 5.32 Å². The summed E-state index contributed by atoms with van der Waals surface area (Å²) < 4.78 is 18.5. The highest BCUT2D eigenvalue weighted by atomic mass is 32.1. The number of nitrogens with zero attached hydrogens (tertiary/aromatic N) is 2. The van der Waals surface area contributed by atoms with E-state index in [1.165, 1.54) is 34.6 Å². The van der Waals surface area contributed by atoms with Gasteiger partial charge in [-0.15, -0.1) is 0 Å². The summed E-state index contributed by atoms with van der Waals surface area (Å²) in [5.41, 5.74) is 8.82. The molecule has 6 rings (SSSR count). The van der Waals surface area contributed by atoms with Crippen LogP contribution in [0.1, 0.15) is 24.1 Å². The van der Waals surface area contributed by atoms with Gasteiger partial charge in [0.25, 0.3) is 0 Å². The highest BCUT2D eigenvalue weighted by Gasteiger charge is 2.28. The molecule has 3 heterocycles. The van der Waals surface area contributed by atoms with Crippen LogP contribution in [0.5, 0.6) is 0 Å². The van der Waals surface area contributed by atoms with Crippen LogP contribution in [0.25, 0.3) is 28.0 Å². The molecule has 0 unspecified atom stereocenters. The van der Waals surface area contributed by atoms with Crippen molar-refractivity contribution >= 4 is 28.5 Å². The second-order valence-corrected chi connectivity index (χ2v) is 9.12. The third kappa shape index (κ3) is 3.53. The molecule has 168 valence electrons. The van der Waals surface area contributed by atoms with E-state index in [0.717, 1.165) is 48.3 Å². The Bertz CT molecular complexity index is 1480. The number of halogens is 1. The lowest BCUT2D eigenvalue weighted by atomic mass is 9.98. The van der Waals surface area contributed by atoms with Gasteiger partial charge in [0.15, 0.2) is 0 Å². The largest absolute Gasteiger partial charge is 0.345 e. The van der Waals surface area contributed by atoms with Crippen LogP contribution in [0, 0.1) is 5.82 Å². The molecule has 0 aliphatic carbocycles. The third-order valence-corrected chi connectivity index (χ3v) is 6.88. The number of aromatic nitrogens is 2. The standard InChI is InChI=1S/C29H24FN3S/c30-22-16-14-21(15-17-22)26-24-13-7-8-18-32-25(20-9-3-1-4-10-20)19-33(29(24)32)27(26)28(34)31-23-11-5-2-6-12-23/h1-6,9-12,14-17,19H,7-8,13,18H2,(H,31,34). The Morgan fingerprint density at radius 1 is 0.824 bits per heavy atom. The summed E-state index contributed by atoms with van der Waals surface area (Å²) in [5, 5.41) is 3.44.